The molecule has 0 aliphatic carbocycles. The van der Waals surface area contributed by atoms with Gasteiger partial charge >= 0.3 is 5.97 Å². The standard InChI is InChI=1S/C17H33NO3/c1-4-7-8-9-12-16(19)15-18(5-2,6-3)14-11-10-13-17(20)21/h9,12,16,19H,4-8,10-11,13-15H2,1-3H3/p+1/b12-9+. The van der Waals surface area contributed by atoms with Crippen molar-refractivity contribution >= 4 is 5.97 Å². The zero-order chi connectivity index (χ0) is 16.1. The van der Waals surface area contributed by atoms with Crippen LogP contribution in [0.3, 0.4) is 0 Å². The number of aliphatic hydroxyl groups is 1. The number of rotatable bonds is 13. The van der Waals surface area contributed by atoms with Crippen LogP contribution >= 0.6 is 0 Å². The topological polar surface area (TPSA) is 57.5 Å². The molecule has 0 aromatic carbocycles. The molecule has 21 heavy (non-hydrogen) atoms. The van der Waals surface area contributed by atoms with E-state index >= 15 is 0 Å². The van der Waals surface area contributed by atoms with E-state index in [-0.39, 0.29) is 6.42 Å². The molecule has 0 spiro atoms. The number of hydrogen-bond donors (Lipinski definition) is 2. The van der Waals surface area contributed by atoms with Gasteiger partial charge in [0.25, 0.3) is 0 Å². The van der Waals surface area contributed by atoms with Crippen LogP contribution in [0.25, 0.3) is 0 Å². The average molecular weight is 300 g/mol. The molecule has 0 saturated carbocycles. The van der Waals surface area contributed by atoms with Crippen molar-refractivity contribution in [3.8, 4) is 0 Å². The second-order valence-corrected chi connectivity index (χ2v) is 5.87. The molecule has 4 nitrogen and oxygen atoms in total. The molecule has 1 unspecified atom stereocenters. The van der Waals surface area contributed by atoms with Crippen molar-refractivity contribution in [2.24, 2.45) is 0 Å². The van der Waals surface area contributed by atoms with E-state index < -0.39 is 12.1 Å². The van der Waals surface area contributed by atoms with E-state index in [0.717, 1.165) is 49.9 Å². The third-order valence-corrected chi connectivity index (χ3v) is 4.27. The highest BCUT2D eigenvalue weighted by Gasteiger charge is 2.25. The summed E-state index contributed by atoms with van der Waals surface area (Å²) < 4.78 is 0.860. The third kappa shape index (κ3) is 9.64. The number of allylic oxidation sites excluding steroid dienone is 1. The van der Waals surface area contributed by atoms with Crippen LogP contribution in [-0.2, 0) is 4.79 Å². The van der Waals surface area contributed by atoms with E-state index in [9.17, 15) is 9.90 Å². The Labute approximate surface area is 130 Å². The molecule has 4 heteroatoms. The lowest BCUT2D eigenvalue weighted by atomic mass is 10.1. The fourth-order valence-corrected chi connectivity index (χ4v) is 2.65. The van der Waals surface area contributed by atoms with Gasteiger partial charge in [0, 0.05) is 6.42 Å². The van der Waals surface area contributed by atoms with Crippen molar-refractivity contribution in [1.29, 1.82) is 0 Å². The maximum Gasteiger partial charge on any atom is 0.303 e. The summed E-state index contributed by atoms with van der Waals surface area (Å²) in [5, 5.41) is 18.9. The van der Waals surface area contributed by atoms with Gasteiger partial charge in [-0.1, -0.05) is 31.9 Å². The summed E-state index contributed by atoms with van der Waals surface area (Å²) in [4.78, 5) is 10.6. The van der Waals surface area contributed by atoms with Crippen LogP contribution in [0.15, 0.2) is 12.2 Å². The number of unbranched alkanes of at least 4 members (excludes halogenated alkanes) is 3. The Morgan fingerprint density at radius 1 is 1.14 bits per heavy atom. The molecule has 0 radical (unpaired) electrons. The van der Waals surface area contributed by atoms with Gasteiger partial charge in [-0.05, 0) is 33.1 Å². The fourth-order valence-electron chi connectivity index (χ4n) is 2.65. The van der Waals surface area contributed by atoms with E-state index in [1.165, 1.54) is 12.8 Å². The minimum atomic E-state index is -0.722. The number of carbonyl (C=O) groups is 1. The van der Waals surface area contributed by atoms with Gasteiger partial charge in [0.1, 0.15) is 12.6 Å². The van der Waals surface area contributed by atoms with Gasteiger partial charge in [0.15, 0.2) is 0 Å². The molecular formula is C17H34NO3+. The number of aliphatic hydroxyl groups excluding tert-OH is 1. The van der Waals surface area contributed by atoms with E-state index in [1.807, 2.05) is 6.08 Å². The number of hydrogen-bond acceptors (Lipinski definition) is 2. The van der Waals surface area contributed by atoms with Gasteiger partial charge in [-0.25, -0.2) is 0 Å². The lowest BCUT2D eigenvalue weighted by molar-refractivity contribution is -0.927. The van der Waals surface area contributed by atoms with Crippen LogP contribution in [0.1, 0.15) is 59.3 Å². The van der Waals surface area contributed by atoms with Gasteiger partial charge in [-0.3, -0.25) is 4.79 Å². The van der Waals surface area contributed by atoms with Crippen LogP contribution in [0, 0.1) is 0 Å². The Morgan fingerprint density at radius 2 is 1.81 bits per heavy atom. The number of quaternary nitrogens is 1. The number of carboxylic acid groups (broad SMARTS) is 1. The molecule has 124 valence electrons. The molecule has 0 heterocycles. The Bertz CT molecular complexity index is 298. The zero-order valence-corrected chi connectivity index (χ0v) is 14.1. The number of nitrogens with zero attached hydrogens (tertiary/aromatic N) is 1. The summed E-state index contributed by atoms with van der Waals surface area (Å²) in [6.45, 7) is 10.1. The quantitative estimate of drug-likeness (QED) is 0.312. The number of carboxylic acids is 1. The van der Waals surface area contributed by atoms with Crippen LogP contribution in [0.2, 0.25) is 0 Å². The minimum Gasteiger partial charge on any atom is -0.481 e. The smallest absolute Gasteiger partial charge is 0.303 e. The van der Waals surface area contributed by atoms with Gasteiger partial charge in [0.05, 0.1) is 19.6 Å². The maximum atomic E-state index is 10.6. The van der Waals surface area contributed by atoms with Gasteiger partial charge in [0.2, 0.25) is 0 Å². The van der Waals surface area contributed by atoms with Crippen molar-refractivity contribution in [2.45, 2.75) is 65.4 Å². The largest absolute Gasteiger partial charge is 0.481 e. The lowest BCUT2D eigenvalue weighted by Crippen LogP contribution is -2.52. The second kappa shape index (κ2) is 11.8. The highest BCUT2D eigenvalue weighted by Crippen LogP contribution is 2.12. The summed E-state index contributed by atoms with van der Waals surface area (Å²) in [5.41, 5.74) is 0. The molecular weight excluding hydrogens is 266 g/mol. The molecule has 0 fully saturated rings. The Kier molecular flexibility index (Phi) is 11.3. The number of aliphatic carboxylic acids is 1. The Balaban J connectivity index is 4.29. The molecule has 0 aromatic rings. The molecule has 0 saturated heterocycles. The predicted octanol–water partition coefficient (Wildman–Crippen LogP) is 3.21. The Hall–Kier alpha value is -0.870. The average Bonchev–Trinajstić information content (AvgIpc) is 2.46. The summed E-state index contributed by atoms with van der Waals surface area (Å²) in [7, 11) is 0. The van der Waals surface area contributed by atoms with Crippen molar-refractivity contribution in [2.75, 3.05) is 26.2 Å². The van der Waals surface area contributed by atoms with Gasteiger partial charge in [-0.2, -0.15) is 0 Å². The predicted molar refractivity (Wildman–Crippen MR) is 87.2 cm³/mol. The van der Waals surface area contributed by atoms with E-state index in [0.29, 0.717) is 0 Å². The minimum absolute atomic E-state index is 0.243. The lowest BCUT2D eigenvalue weighted by Gasteiger charge is -2.38. The molecule has 0 rings (SSSR count). The third-order valence-electron chi connectivity index (χ3n) is 4.27. The highest BCUT2D eigenvalue weighted by atomic mass is 16.4. The molecule has 0 aliphatic heterocycles. The van der Waals surface area contributed by atoms with Crippen molar-refractivity contribution in [3.05, 3.63) is 12.2 Å². The first-order valence-corrected chi connectivity index (χ1v) is 8.41. The molecule has 0 bridgehead atoms. The van der Waals surface area contributed by atoms with Gasteiger partial charge in [-0.15, -0.1) is 0 Å². The normalized spacial score (nSPS) is 13.7. The van der Waals surface area contributed by atoms with Crippen molar-refractivity contribution < 1.29 is 19.5 Å². The highest BCUT2D eigenvalue weighted by molar-refractivity contribution is 5.66. The Morgan fingerprint density at radius 3 is 2.33 bits per heavy atom. The second-order valence-electron chi connectivity index (χ2n) is 5.87. The van der Waals surface area contributed by atoms with Crippen LogP contribution in [0.4, 0.5) is 0 Å². The van der Waals surface area contributed by atoms with Crippen molar-refractivity contribution in [1.82, 2.24) is 0 Å². The zero-order valence-electron chi connectivity index (χ0n) is 14.1. The van der Waals surface area contributed by atoms with E-state index in [1.54, 1.807) is 0 Å². The number of likely N-dealkylation sites (N-methyl/N-ethyl adjacent to an activating group) is 1. The molecule has 0 aliphatic rings. The first-order chi connectivity index (χ1) is 9.99. The van der Waals surface area contributed by atoms with Crippen molar-refractivity contribution in [3.63, 3.8) is 0 Å². The molecule has 1 atom stereocenters. The molecule has 2 N–H and O–H groups in total. The molecule has 0 amide bonds. The first-order valence-electron chi connectivity index (χ1n) is 8.41. The van der Waals surface area contributed by atoms with Crippen LogP contribution in [-0.4, -0.2) is 52.9 Å². The van der Waals surface area contributed by atoms with Crippen LogP contribution in [0.5, 0.6) is 0 Å². The van der Waals surface area contributed by atoms with E-state index in [2.05, 4.69) is 26.8 Å². The SMILES string of the molecule is CCCC/C=C/C(O)C[N+](CC)(CC)CCCCC(=O)O. The summed E-state index contributed by atoms with van der Waals surface area (Å²) in [5.74, 6) is -0.722. The fraction of sp³-hybridized carbons (Fsp3) is 0.824. The van der Waals surface area contributed by atoms with E-state index in [4.69, 9.17) is 5.11 Å². The van der Waals surface area contributed by atoms with Gasteiger partial charge < -0.3 is 14.7 Å². The first kappa shape index (κ1) is 20.1. The maximum absolute atomic E-state index is 10.6. The van der Waals surface area contributed by atoms with Crippen LogP contribution < -0.4 is 0 Å². The summed E-state index contributed by atoms with van der Waals surface area (Å²) in [6.07, 6.45) is 8.84. The summed E-state index contributed by atoms with van der Waals surface area (Å²) >= 11 is 0. The monoisotopic (exact) mass is 300 g/mol. The summed E-state index contributed by atoms with van der Waals surface area (Å²) in [6, 6.07) is 0. The molecule has 0 aromatic heterocycles.